The number of benzene rings is 1. The Morgan fingerprint density at radius 1 is 1.29 bits per heavy atom. The molecule has 96 valence electrons. The van der Waals surface area contributed by atoms with Gasteiger partial charge in [-0.15, -0.1) is 0 Å². The van der Waals surface area contributed by atoms with Crippen LogP contribution in [-0.2, 0) is 6.54 Å². The molecule has 0 saturated heterocycles. The smallest absolute Gasteiger partial charge is 0.119 e. The normalized spacial score (nSPS) is 11.6. The Morgan fingerprint density at radius 3 is 2.59 bits per heavy atom. The summed E-state index contributed by atoms with van der Waals surface area (Å²) in [5.41, 5.74) is 1.35. The first-order valence-electron chi connectivity index (χ1n) is 6.08. The highest BCUT2D eigenvalue weighted by Crippen LogP contribution is 2.23. The zero-order chi connectivity index (χ0) is 12.9. The van der Waals surface area contributed by atoms with Crippen molar-refractivity contribution in [1.82, 2.24) is 5.32 Å². The fourth-order valence-corrected chi connectivity index (χ4v) is 1.74. The first-order valence-corrected chi connectivity index (χ1v) is 6.88. The van der Waals surface area contributed by atoms with Crippen molar-refractivity contribution in [2.45, 2.75) is 46.2 Å². The van der Waals surface area contributed by atoms with Crippen LogP contribution in [0.25, 0.3) is 0 Å². The van der Waals surface area contributed by atoms with Gasteiger partial charge in [0.1, 0.15) is 5.75 Å². The quantitative estimate of drug-likeness (QED) is 0.883. The fourth-order valence-electron chi connectivity index (χ4n) is 1.36. The van der Waals surface area contributed by atoms with Gasteiger partial charge in [0, 0.05) is 16.6 Å². The standard InChI is InChI=1S/C14H22BrNO/c1-5-8-17-12-6-7-13(15)11(9-12)10-16-14(2,3)4/h6-7,9,16H,5,8,10H2,1-4H3. The number of nitrogens with one attached hydrogen (secondary N) is 1. The molecule has 0 radical (unpaired) electrons. The summed E-state index contributed by atoms with van der Waals surface area (Å²) in [6.07, 6.45) is 1.03. The molecule has 1 rings (SSSR count). The van der Waals surface area contributed by atoms with Crippen molar-refractivity contribution in [3.05, 3.63) is 28.2 Å². The summed E-state index contributed by atoms with van der Waals surface area (Å²) in [5, 5.41) is 3.48. The Hall–Kier alpha value is -0.540. The summed E-state index contributed by atoms with van der Waals surface area (Å²) in [6, 6.07) is 6.14. The van der Waals surface area contributed by atoms with Gasteiger partial charge in [-0.25, -0.2) is 0 Å². The molecular weight excluding hydrogens is 278 g/mol. The Kier molecular flexibility index (Phi) is 5.47. The zero-order valence-corrected chi connectivity index (χ0v) is 12.7. The van der Waals surface area contributed by atoms with E-state index in [0.717, 1.165) is 29.8 Å². The minimum Gasteiger partial charge on any atom is -0.494 e. The number of halogens is 1. The minimum absolute atomic E-state index is 0.125. The predicted molar refractivity (Wildman–Crippen MR) is 76.5 cm³/mol. The molecule has 2 nitrogen and oxygen atoms in total. The highest BCUT2D eigenvalue weighted by molar-refractivity contribution is 9.10. The third kappa shape index (κ3) is 5.55. The van der Waals surface area contributed by atoms with Gasteiger partial charge in [0.05, 0.1) is 6.61 Å². The SMILES string of the molecule is CCCOc1ccc(Br)c(CNC(C)(C)C)c1. The summed E-state index contributed by atoms with van der Waals surface area (Å²) in [6.45, 7) is 10.2. The maximum atomic E-state index is 5.63. The van der Waals surface area contributed by atoms with Crippen molar-refractivity contribution in [1.29, 1.82) is 0 Å². The van der Waals surface area contributed by atoms with Gasteiger partial charge in [0.15, 0.2) is 0 Å². The van der Waals surface area contributed by atoms with E-state index in [1.54, 1.807) is 0 Å². The Morgan fingerprint density at radius 2 is 2.00 bits per heavy atom. The zero-order valence-electron chi connectivity index (χ0n) is 11.1. The van der Waals surface area contributed by atoms with Crippen LogP contribution < -0.4 is 10.1 Å². The van der Waals surface area contributed by atoms with Crippen LogP contribution in [-0.4, -0.2) is 12.1 Å². The van der Waals surface area contributed by atoms with Crippen LogP contribution in [0.4, 0.5) is 0 Å². The lowest BCUT2D eigenvalue weighted by atomic mass is 10.1. The third-order valence-corrected chi connectivity index (χ3v) is 3.07. The monoisotopic (exact) mass is 299 g/mol. The second kappa shape index (κ2) is 6.41. The van der Waals surface area contributed by atoms with E-state index in [2.05, 4.69) is 55.0 Å². The highest BCUT2D eigenvalue weighted by atomic mass is 79.9. The Bertz CT molecular complexity index is 358. The molecule has 0 aromatic heterocycles. The lowest BCUT2D eigenvalue weighted by Crippen LogP contribution is -2.35. The summed E-state index contributed by atoms with van der Waals surface area (Å²) in [7, 11) is 0. The van der Waals surface area contributed by atoms with Crippen LogP contribution in [0.3, 0.4) is 0 Å². The molecule has 0 aliphatic carbocycles. The molecule has 0 aliphatic rings. The molecule has 0 bridgehead atoms. The summed E-state index contributed by atoms with van der Waals surface area (Å²) < 4.78 is 6.76. The van der Waals surface area contributed by atoms with Gasteiger partial charge in [-0.2, -0.15) is 0 Å². The molecule has 3 heteroatoms. The van der Waals surface area contributed by atoms with Crippen molar-refractivity contribution in [2.24, 2.45) is 0 Å². The topological polar surface area (TPSA) is 21.3 Å². The van der Waals surface area contributed by atoms with Crippen LogP contribution >= 0.6 is 15.9 Å². The highest BCUT2D eigenvalue weighted by Gasteiger charge is 2.10. The predicted octanol–water partition coefficient (Wildman–Crippen LogP) is 4.13. The van der Waals surface area contributed by atoms with Gasteiger partial charge in [0.2, 0.25) is 0 Å². The molecule has 0 amide bonds. The van der Waals surface area contributed by atoms with E-state index in [1.807, 2.05) is 12.1 Å². The lowest BCUT2D eigenvalue weighted by molar-refractivity contribution is 0.316. The molecule has 0 saturated carbocycles. The molecule has 0 atom stereocenters. The summed E-state index contributed by atoms with van der Waals surface area (Å²) >= 11 is 3.57. The van der Waals surface area contributed by atoms with Gasteiger partial charge < -0.3 is 10.1 Å². The van der Waals surface area contributed by atoms with Crippen LogP contribution in [0.2, 0.25) is 0 Å². The fraction of sp³-hybridized carbons (Fsp3) is 0.571. The second-order valence-electron chi connectivity index (χ2n) is 5.21. The molecular formula is C14H22BrNO. The number of ether oxygens (including phenoxy) is 1. The minimum atomic E-state index is 0.125. The number of rotatable bonds is 5. The molecule has 0 aliphatic heterocycles. The Balaban J connectivity index is 2.69. The number of hydrogen-bond donors (Lipinski definition) is 1. The van der Waals surface area contributed by atoms with Crippen LogP contribution in [0, 0.1) is 0 Å². The van der Waals surface area contributed by atoms with Crippen molar-refractivity contribution < 1.29 is 4.74 Å². The first kappa shape index (κ1) is 14.5. The average molecular weight is 300 g/mol. The van der Waals surface area contributed by atoms with Gasteiger partial charge in [-0.1, -0.05) is 22.9 Å². The second-order valence-corrected chi connectivity index (χ2v) is 6.06. The van der Waals surface area contributed by atoms with Crippen molar-refractivity contribution in [3.8, 4) is 5.75 Å². The van der Waals surface area contributed by atoms with E-state index < -0.39 is 0 Å². The van der Waals surface area contributed by atoms with E-state index in [-0.39, 0.29) is 5.54 Å². The van der Waals surface area contributed by atoms with Gasteiger partial charge in [0.25, 0.3) is 0 Å². The van der Waals surface area contributed by atoms with Crippen LogP contribution in [0.1, 0.15) is 39.7 Å². The third-order valence-electron chi connectivity index (χ3n) is 2.30. The van der Waals surface area contributed by atoms with Crippen LogP contribution in [0.5, 0.6) is 5.75 Å². The average Bonchev–Trinajstić information content (AvgIpc) is 2.25. The lowest BCUT2D eigenvalue weighted by Gasteiger charge is -2.21. The van der Waals surface area contributed by atoms with E-state index in [9.17, 15) is 0 Å². The molecule has 1 aromatic rings. The molecule has 1 aromatic carbocycles. The maximum absolute atomic E-state index is 5.63. The van der Waals surface area contributed by atoms with E-state index in [1.165, 1.54) is 5.56 Å². The van der Waals surface area contributed by atoms with Crippen LogP contribution in [0.15, 0.2) is 22.7 Å². The van der Waals surface area contributed by atoms with E-state index in [0.29, 0.717) is 0 Å². The molecule has 0 spiro atoms. The maximum Gasteiger partial charge on any atom is 0.119 e. The Labute approximate surface area is 113 Å². The molecule has 0 unspecified atom stereocenters. The molecule has 1 N–H and O–H groups in total. The first-order chi connectivity index (χ1) is 7.92. The van der Waals surface area contributed by atoms with Crippen molar-refractivity contribution in [2.75, 3.05) is 6.61 Å². The van der Waals surface area contributed by atoms with Gasteiger partial charge in [-0.3, -0.25) is 0 Å². The number of hydrogen-bond acceptors (Lipinski definition) is 2. The van der Waals surface area contributed by atoms with E-state index >= 15 is 0 Å². The van der Waals surface area contributed by atoms with Crippen molar-refractivity contribution in [3.63, 3.8) is 0 Å². The largest absolute Gasteiger partial charge is 0.494 e. The molecule has 0 heterocycles. The summed E-state index contributed by atoms with van der Waals surface area (Å²) in [4.78, 5) is 0. The summed E-state index contributed by atoms with van der Waals surface area (Å²) in [5.74, 6) is 0.945. The molecule has 17 heavy (non-hydrogen) atoms. The van der Waals surface area contributed by atoms with Gasteiger partial charge in [-0.05, 0) is 51.0 Å². The van der Waals surface area contributed by atoms with Gasteiger partial charge >= 0.3 is 0 Å². The molecule has 0 fully saturated rings. The van der Waals surface area contributed by atoms with Crippen molar-refractivity contribution >= 4 is 15.9 Å². The van der Waals surface area contributed by atoms with E-state index in [4.69, 9.17) is 4.74 Å².